The second kappa shape index (κ2) is 3.21. The van der Waals surface area contributed by atoms with Gasteiger partial charge in [-0.15, -0.1) is 11.6 Å². The van der Waals surface area contributed by atoms with Crippen LogP contribution >= 0.6 is 11.6 Å². The molecular formula is C10H13ClO. The number of carbonyl (C=O) groups is 1. The molecule has 0 fully saturated rings. The summed E-state index contributed by atoms with van der Waals surface area (Å²) in [6.45, 7) is 0. The maximum absolute atomic E-state index is 11.5. The molecule has 0 N–H and O–H groups in total. The Hall–Kier alpha value is -0.300. The summed E-state index contributed by atoms with van der Waals surface area (Å²) < 4.78 is 0. The maximum Gasteiger partial charge on any atom is 0.159 e. The lowest BCUT2D eigenvalue weighted by atomic mass is 9.90. The van der Waals surface area contributed by atoms with Gasteiger partial charge in [0.15, 0.2) is 5.78 Å². The van der Waals surface area contributed by atoms with E-state index in [1.54, 1.807) is 0 Å². The Morgan fingerprint density at radius 3 is 2.83 bits per heavy atom. The maximum atomic E-state index is 11.5. The predicted molar refractivity (Wildman–Crippen MR) is 49.3 cm³/mol. The van der Waals surface area contributed by atoms with Crippen molar-refractivity contribution in [2.24, 2.45) is 5.92 Å². The predicted octanol–water partition coefficient (Wildman–Crippen LogP) is 2.68. The van der Waals surface area contributed by atoms with Gasteiger partial charge in [-0.25, -0.2) is 0 Å². The zero-order valence-electron chi connectivity index (χ0n) is 7.11. The molecule has 1 nitrogen and oxygen atoms in total. The molecular weight excluding hydrogens is 172 g/mol. The normalized spacial score (nSPS) is 29.4. The summed E-state index contributed by atoms with van der Waals surface area (Å²) in [6.07, 6.45) is 5.27. The molecule has 2 heteroatoms. The number of allylic oxidation sites excluding steroid dienone is 2. The molecule has 0 aromatic rings. The number of halogens is 1. The van der Waals surface area contributed by atoms with Gasteiger partial charge in [-0.3, -0.25) is 4.79 Å². The van der Waals surface area contributed by atoms with Gasteiger partial charge < -0.3 is 0 Å². The molecule has 0 heterocycles. The SMILES string of the molecule is O=C1CC(CCl)C2=C1CCCC2. The fourth-order valence-corrected chi connectivity index (χ4v) is 2.61. The molecule has 0 spiro atoms. The molecule has 0 radical (unpaired) electrons. The molecule has 2 rings (SSSR count). The Bertz CT molecular complexity index is 242. The first kappa shape index (κ1) is 8.31. The van der Waals surface area contributed by atoms with Crippen molar-refractivity contribution >= 4 is 17.4 Å². The highest BCUT2D eigenvalue weighted by molar-refractivity contribution is 6.18. The minimum absolute atomic E-state index is 0.371. The molecule has 0 saturated carbocycles. The van der Waals surface area contributed by atoms with Crippen LogP contribution in [-0.2, 0) is 4.79 Å². The molecule has 66 valence electrons. The zero-order valence-corrected chi connectivity index (χ0v) is 7.86. The third-order valence-electron chi connectivity index (χ3n) is 2.96. The van der Waals surface area contributed by atoms with Crippen LogP contribution in [0.25, 0.3) is 0 Å². The topological polar surface area (TPSA) is 17.1 Å². The number of hydrogen-bond acceptors (Lipinski definition) is 1. The van der Waals surface area contributed by atoms with Gasteiger partial charge >= 0.3 is 0 Å². The van der Waals surface area contributed by atoms with Gasteiger partial charge in [-0.1, -0.05) is 5.57 Å². The number of ketones is 1. The Balaban J connectivity index is 2.27. The lowest BCUT2D eigenvalue weighted by molar-refractivity contribution is -0.115. The first-order valence-electron chi connectivity index (χ1n) is 4.64. The fourth-order valence-electron chi connectivity index (χ4n) is 2.32. The van der Waals surface area contributed by atoms with Gasteiger partial charge in [-0.05, 0) is 31.3 Å². The van der Waals surface area contributed by atoms with Gasteiger partial charge in [-0.2, -0.15) is 0 Å². The average molecular weight is 185 g/mol. The van der Waals surface area contributed by atoms with Gasteiger partial charge in [0.25, 0.3) is 0 Å². The molecule has 0 aromatic heterocycles. The highest BCUT2D eigenvalue weighted by atomic mass is 35.5. The smallest absolute Gasteiger partial charge is 0.159 e. The average Bonchev–Trinajstić information content (AvgIpc) is 2.44. The number of Topliss-reactive ketones (excluding diaryl/α,β-unsaturated/α-hetero) is 1. The van der Waals surface area contributed by atoms with Crippen molar-refractivity contribution in [3.05, 3.63) is 11.1 Å². The summed E-state index contributed by atoms with van der Waals surface area (Å²) in [5.74, 6) is 1.38. The number of carbonyl (C=O) groups excluding carboxylic acids is 1. The Morgan fingerprint density at radius 1 is 1.33 bits per heavy atom. The van der Waals surface area contributed by atoms with Crippen molar-refractivity contribution in [2.75, 3.05) is 5.88 Å². The minimum Gasteiger partial charge on any atom is -0.295 e. The summed E-state index contributed by atoms with van der Waals surface area (Å²) in [5, 5.41) is 0. The van der Waals surface area contributed by atoms with Crippen LogP contribution < -0.4 is 0 Å². The van der Waals surface area contributed by atoms with Gasteiger partial charge in [0.05, 0.1) is 0 Å². The van der Waals surface area contributed by atoms with Crippen LogP contribution in [-0.4, -0.2) is 11.7 Å². The van der Waals surface area contributed by atoms with E-state index in [4.69, 9.17) is 11.6 Å². The molecule has 0 bridgehead atoms. The van der Waals surface area contributed by atoms with Crippen LogP contribution in [0.4, 0.5) is 0 Å². The van der Waals surface area contributed by atoms with Crippen molar-refractivity contribution in [2.45, 2.75) is 32.1 Å². The highest BCUT2D eigenvalue weighted by Crippen LogP contribution is 2.39. The van der Waals surface area contributed by atoms with E-state index in [1.165, 1.54) is 18.4 Å². The second-order valence-electron chi connectivity index (χ2n) is 3.69. The monoisotopic (exact) mass is 184 g/mol. The molecule has 1 atom stereocenters. The molecule has 0 amide bonds. The first-order chi connectivity index (χ1) is 5.83. The lowest BCUT2D eigenvalue weighted by Crippen LogP contribution is -2.03. The summed E-state index contributed by atoms with van der Waals surface area (Å²) >= 11 is 5.81. The zero-order chi connectivity index (χ0) is 8.55. The highest BCUT2D eigenvalue weighted by Gasteiger charge is 2.32. The van der Waals surface area contributed by atoms with Crippen molar-refractivity contribution in [1.29, 1.82) is 0 Å². The molecule has 1 unspecified atom stereocenters. The van der Waals surface area contributed by atoms with Crippen molar-refractivity contribution in [3.63, 3.8) is 0 Å². The third kappa shape index (κ3) is 1.20. The summed E-state index contributed by atoms with van der Waals surface area (Å²) in [4.78, 5) is 11.5. The molecule has 0 saturated heterocycles. The standard InChI is InChI=1S/C10H13ClO/c11-6-7-5-10(12)9-4-2-1-3-8(7)9/h7H,1-6H2. The van der Waals surface area contributed by atoms with Crippen LogP contribution in [0, 0.1) is 5.92 Å². The molecule has 2 aliphatic rings. The summed E-state index contributed by atoms with van der Waals surface area (Å²) in [5.41, 5.74) is 2.52. The van der Waals surface area contributed by atoms with E-state index in [-0.39, 0.29) is 0 Å². The van der Waals surface area contributed by atoms with E-state index in [9.17, 15) is 4.79 Å². The van der Waals surface area contributed by atoms with Crippen LogP contribution in [0.3, 0.4) is 0 Å². The number of hydrogen-bond donors (Lipinski definition) is 0. The van der Waals surface area contributed by atoms with E-state index in [2.05, 4.69) is 0 Å². The Kier molecular flexibility index (Phi) is 2.22. The van der Waals surface area contributed by atoms with Crippen molar-refractivity contribution in [1.82, 2.24) is 0 Å². The van der Waals surface area contributed by atoms with Crippen molar-refractivity contribution < 1.29 is 4.79 Å². The quantitative estimate of drug-likeness (QED) is 0.573. The summed E-state index contributed by atoms with van der Waals surface area (Å²) in [6, 6.07) is 0. The summed E-state index contributed by atoms with van der Waals surface area (Å²) in [7, 11) is 0. The van der Waals surface area contributed by atoms with Crippen LogP contribution in [0.5, 0.6) is 0 Å². The minimum atomic E-state index is 0.371. The van der Waals surface area contributed by atoms with E-state index < -0.39 is 0 Å². The number of alkyl halides is 1. The van der Waals surface area contributed by atoms with E-state index in [1.807, 2.05) is 0 Å². The van der Waals surface area contributed by atoms with Crippen molar-refractivity contribution in [3.8, 4) is 0 Å². The molecule has 12 heavy (non-hydrogen) atoms. The third-order valence-corrected chi connectivity index (χ3v) is 3.33. The van der Waals surface area contributed by atoms with Gasteiger partial charge in [0.2, 0.25) is 0 Å². The van der Waals surface area contributed by atoms with Crippen LogP contribution in [0.2, 0.25) is 0 Å². The van der Waals surface area contributed by atoms with Gasteiger partial charge in [0, 0.05) is 18.2 Å². The number of rotatable bonds is 1. The van der Waals surface area contributed by atoms with E-state index in [0.29, 0.717) is 24.0 Å². The Labute approximate surface area is 77.8 Å². The largest absolute Gasteiger partial charge is 0.295 e. The van der Waals surface area contributed by atoms with Crippen LogP contribution in [0.15, 0.2) is 11.1 Å². The molecule has 0 aromatic carbocycles. The molecule has 2 aliphatic carbocycles. The molecule has 0 aliphatic heterocycles. The van der Waals surface area contributed by atoms with E-state index in [0.717, 1.165) is 18.4 Å². The first-order valence-corrected chi connectivity index (χ1v) is 5.17. The van der Waals surface area contributed by atoms with Gasteiger partial charge in [0.1, 0.15) is 0 Å². The fraction of sp³-hybridized carbons (Fsp3) is 0.700. The van der Waals surface area contributed by atoms with Crippen LogP contribution in [0.1, 0.15) is 32.1 Å². The lowest BCUT2D eigenvalue weighted by Gasteiger charge is -2.16. The Morgan fingerprint density at radius 2 is 2.08 bits per heavy atom. The second-order valence-corrected chi connectivity index (χ2v) is 4.00. The van der Waals surface area contributed by atoms with E-state index >= 15 is 0 Å².